The van der Waals surface area contributed by atoms with E-state index in [1.807, 2.05) is 18.2 Å². The van der Waals surface area contributed by atoms with Gasteiger partial charge in [-0.2, -0.15) is 0 Å². The second-order valence-corrected chi connectivity index (χ2v) is 29.5. The average Bonchev–Trinajstić information content (AvgIpc) is 0.928. The summed E-state index contributed by atoms with van der Waals surface area (Å²) in [5.41, 5.74) is 0. The molecule has 596 valence electrons. The van der Waals surface area contributed by atoms with Crippen molar-refractivity contribution in [1.82, 2.24) is 0 Å². The molecular weight excluding hydrogens is 1350 g/mol. The molecule has 0 aromatic heterocycles. The van der Waals surface area contributed by atoms with Crippen LogP contribution < -0.4 is 0 Å². The van der Waals surface area contributed by atoms with Gasteiger partial charge in [0.25, 0.3) is 0 Å². The van der Waals surface area contributed by atoms with E-state index >= 15 is 0 Å². The smallest absolute Gasteiger partial charge is 0.462 e. The molecule has 0 bridgehead atoms. The summed E-state index contributed by atoms with van der Waals surface area (Å²) in [7, 11) is -9.98. The first-order chi connectivity index (χ1) is 50.7. The number of ether oxygens (including phenoxy) is 4. The summed E-state index contributed by atoms with van der Waals surface area (Å²) >= 11 is 0. The monoisotopic (exact) mass is 1500 g/mol. The van der Waals surface area contributed by atoms with Crippen molar-refractivity contribution in [3.63, 3.8) is 0 Å². The Hall–Kier alpha value is -4.80. The molecule has 0 saturated heterocycles. The minimum Gasteiger partial charge on any atom is -0.462 e. The summed E-state index contributed by atoms with van der Waals surface area (Å²) < 4.78 is 68.5. The number of carbonyl (C=O) groups excluding carboxylic acids is 4. The minimum atomic E-state index is -5.00. The van der Waals surface area contributed by atoms with Gasteiger partial charge in [-0.05, 0) is 128 Å². The number of hydrogen-bond acceptors (Lipinski definition) is 15. The predicted molar refractivity (Wildman–Crippen MR) is 427 cm³/mol. The van der Waals surface area contributed by atoms with Crippen molar-refractivity contribution >= 4 is 39.5 Å². The molecule has 0 aliphatic carbocycles. The van der Waals surface area contributed by atoms with E-state index in [1.165, 1.54) is 77.0 Å². The highest BCUT2D eigenvalue weighted by molar-refractivity contribution is 7.47. The lowest BCUT2D eigenvalue weighted by molar-refractivity contribution is -0.161. The van der Waals surface area contributed by atoms with Gasteiger partial charge < -0.3 is 33.8 Å². The van der Waals surface area contributed by atoms with Crippen molar-refractivity contribution in [2.45, 2.75) is 341 Å². The molecule has 0 aliphatic rings. The van der Waals surface area contributed by atoms with Gasteiger partial charge in [-0.25, -0.2) is 9.13 Å². The van der Waals surface area contributed by atoms with Crippen LogP contribution in [0.2, 0.25) is 0 Å². The summed E-state index contributed by atoms with van der Waals surface area (Å²) in [6, 6.07) is 0. The van der Waals surface area contributed by atoms with Gasteiger partial charge in [0.15, 0.2) is 12.2 Å². The number of phosphoric acid groups is 2. The molecule has 0 rings (SSSR count). The summed E-state index contributed by atoms with van der Waals surface area (Å²) in [5.74, 6) is -2.29. The van der Waals surface area contributed by atoms with Crippen molar-refractivity contribution in [3.05, 3.63) is 134 Å². The first kappa shape index (κ1) is 99.2. The maximum absolute atomic E-state index is 13.1. The van der Waals surface area contributed by atoms with Gasteiger partial charge in [-0.1, -0.05) is 303 Å². The van der Waals surface area contributed by atoms with Crippen molar-refractivity contribution in [1.29, 1.82) is 0 Å². The molecule has 0 fully saturated rings. The van der Waals surface area contributed by atoms with E-state index in [-0.39, 0.29) is 25.7 Å². The van der Waals surface area contributed by atoms with E-state index in [9.17, 15) is 43.2 Å². The lowest BCUT2D eigenvalue weighted by Gasteiger charge is -2.21. The Balaban J connectivity index is 5.42. The van der Waals surface area contributed by atoms with Crippen LogP contribution in [0, 0.1) is 0 Å². The van der Waals surface area contributed by atoms with Crippen molar-refractivity contribution in [2.24, 2.45) is 0 Å². The van der Waals surface area contributed by atoms with E-state index in [1.54, 1.807) is 0 Å². The molecule has 19 heteroatoms. The fraction of sp³-hybridized carbons (Fsp3) is 0.694. The largest absolute Gasteiger partial charge is 0.472 e. The number of aliphatic hydroxyl groups excluding tert-OH is 1. The summed E-state index contributed by atoms with van der Waals surface area (Å²) in [6.07, 6.45) is 85.9. The molecule has 5 atom stereocenters. The molecule has 5 unspecified atom stereocenters. The van der Waals surface area contributed by atoms with Crippen molar-refractivity contribution in [2.75, 3.05) is 39.6 Å². The minimum absolute atomic E-state index is 0.0296. The number of phosphoric ester groups is 2. The highest BCUT2D eigenvalue weighted by atomic mass is 31.2. The van der Waals surface area contributed by atoms with E-state index in [2.05, 4.69) is 143 Å². The Morgan fingerprint density at radius 2 is 0.519 bits per heavy atom. The zero-order chi connectivity index (χ0) is 76.0. The Morgan fingerprint density at radius 3 is 0.837 bits per heavy atom. The van der Waals surface area contributed by atoms with Crippen LogP contribution in [0.3, 0.4) is 0 Å². The summed E-state index contributed by atoms with van der Waals surface area (Å²) in [5, 5.41) is 10.6. The normalized spacial score (nSPS) is 14.6. The highest BCUT2D eigenvalue weighted by Crippen LogP contribution is 2.45. The maximum atomic E-state index is 13.1. The van der Waals surface area contributed by atoms with Gasteiger partial charge >= 0.3 is 39.5 Å². The maximum Gasteiger partial charge on any atom is 0.472 e. The Kier molecular flexibility index (Phi) is 72.9. The molecule has 0 aromatic carbocycles. The van der Waals surface area contributed by atoms with Crippen LogP contribution in [0.5, 0.6) is 0 Å². The van der Waals surface area contributed by atoms with Crippen molar-refractivity contribution in [3.8, 4) is 0 Å². The Bertz CT molecular complexity index is 2490. The zero-order valence-corrected chi connectivity index (χ0v) is 66.9. The molecule has 0 spiro atoms. The van der Waals surface area contributed by atoms with Gasteiger partial charge in [0.1, 0.15) is 19.3 Å². The first-order valence-electron chi connectivity index (χ1n) is 40.4. The van der Waals surface area contributed by atoms with Crippen LogP contribution in [0.25, 0.3) is 0 Å². The Morgan fingerprint density at radius 1 is 0.279 bits per heavy atom. The number of aliphatic hydroxyl groups is 1. The predicted octanol–water partition coefficient (Wildman–Crippen LogP) is 23.7. The molecule has 0 amide bonds. The summed E-state index contributed by atoms with van der Waals surface area (Å²) in [6.45, 7) is 4.55. The third kappa shape index (κ3) is 75.4. The fourth-order valence-corrected chi connectivity index (χ4v) is 12.1. The van der Waals surface area contributed by atoms with E-state index < -0.39 is 97.5 Å². The van der Waals surface area contributed by atoms with Crippen LogP contribution in [-0.4, -0.2) is 96.7 Å². The second kappa shape index (κ2) is 76.4. The van der Waals surface area contributed by atoms with Crippen molar-refractivity contribution < 1.29 is 80.2 Å². The third-order valence-electron chi connectivity index (χ3n) is 16.6. The number of carbonyl (C=O) groups is 4. The Labute approximate surface area is 631 Å². The van der Waals surface area contributed by atoms with Gasteiger partial charge in [-0.15, -0.1) is 0 Å². The topological polar surface area (TPSA) is 237 Å². The van der Waals surface area contributed by atoms with Crippen LogP contribution in [0.15, 0.2) is 134 Å². The van der Waals surface area contributed by atoms with Gasteiger partial charge in [-0.3, -0.25) is 37.3 Å². The third-order valence-corrected chi connectivity index (χ3v) is 18.5. The summed E-state index contributed by atoms with van der Waals surface area (Å²) in [4.78, 5) is 73.0. The number of unbranched alkanes of at least 4 members (excludes halogenated alkanes) is 27. The number of allylic oxidation sites excluding steroid dienone is 22. The van der Waals surface area contributed by atoms with Crippen LogP contribution in [0.4, 0.5) is 0 Å². The number of rotatable bonds is 75. The second-order valence-electron chi connectivity index (χ2n) is 26.6. The lowest BCUT2D eigenvalue weighted by Crippen LogP contribution is -2.30. The van der Waals surface area contributed by atoms with Gasteiger partial charge in [0.05, 0.1) is 26.4 Å². The molecule has 0 heterocycles. The molecule has 0 saturated carbocycles. The molecule has 0 radical (unpaired) electrons. The quantitative estimate of drug-likeness (QED) is 0.0169. The van der Waals surface area contributed by atoms with Crippen LogP contribution in [0.1, 0.15) is 323 Å². The standard InChI is InChI=1S/C85H144O17P2/c1-5-9-13-17-21-25-29-32-35-37-39-41-44-47-51-54-58-62-66-70-83(88)96-76-81(102-85(90)72-68-64-60-56-52-48-45-42-40-38-36-33-30-26-22-18-14-10-6-2)78-100-104(93,94)98-74-79(86)73-97-103(91,92)99-77-80(101-84(89)71-67-63-59-55-49-28-24-20-16-12-8-4)75-95-82(87)69-65-61-57-53-50-46-43-34-31-27-23-19-15-11-7-3/h9-10,13-14,21-22,25-26,32-36,39-43,47,51,58,62,79-81,86H,5-8,11-12,15-20,23-24,27-31,37-38,44-46,48-50,52-57,59-61,63-78H2,1-4H3,(H,91,92)(H,93,94)/b13-9-,14-10-,25-21-,26-22-,35-32-,36-33-,41-39-,42-40-,43-34-,51-47-,62-58-. The molecule has 17 nitrogen and oxygen atoms in total. The molecule has 3 N–H and O–H groups in total. The fourth-order valence-electron chi connectivity index (χ4n) is 10.5. The lowest BCUT2D eigenvalue weighted by atomic mass is 10.1. The van der Waals surface area contributed by atoms with E-state index in [0.29, 0.717) is 32.1 Å². The molecular formula is C85H144O17P2. The molecule has 0 aromatic rings. The molecule has 0 aliphatic heterocycles. The molecule has 104 heavy (non-hydrogen) atoms. The number of esters is 4. The average molecular weight is 1500 g/mol. The first-order valence-corrected chi connectivity index (χ1v) is 43.4. The number of hydrogen-bond donors (Lipinski definition) is 3. The SMILES string of the molecule is CC/C=C\C/C=C\C/C=C\C/C=C\C/C=C\C/C=C\CCC(=O)OCC(COP(=O)(O)OCC(O)COP(=O)(O)OCC(COC(=O)CCCCCCC/C=C\CCCCCCCC)OC(=O)CCCCCCCCCCCCC)OC(=O)CCCCCCCC/C=C\C/C=C\C/C=C\C/C=C\CC. The highest BCUT2D eigenvalue weighted by Gasteiger charge is 2.30. The van der Waals surface area contributed by atoms with Gasteiger partial charge in [0, 0.05) is 25.7 Å². The van der Waals surface area contributed by atoms with E-state index in [0.717, 1.165) is 161 Å². The zero-order valence-electron chi connectivity index (χ0n) is 65.2. The van der Waals surface area contributed by atoms with E-state index in [4.69, 9.17) is 37.0 Å². The van der Waals surface area contributed by atoms with Gasteiger partial charge in [0.2, 0.25) is 0 Å². The van der Waals surface area contributed by atoms with Crippen LogP contribution in [-0.2, 0) is 65.4 Å². The van der Waals surface area contributed by atoms with Crippen LogP contribution >= 0.6 is 15.6 Å².